The molecule has 0 aromatic carbocycles. The van der Waals surface area contributed by atoms with Crippen LogP contribution in [-0.2, 0) is 0 Å². The predicted molar refractivity (Wildman–Crippen MR) is 48.0 cm³/mol. The van der Waals surface area contributed by atoms with E-state index in [0.717, 1.165) is 12.6 Å². The summed E-state index contributed by atoms with van der Waals surface area (Å²) in [6.45, 7) is 8.83. The van der Waals surface area contributed by atoms with E-state index in [9.17, 15) is 0 Å². The third kappa shape index (κ3) is 2.80. The number of likely N-dealkylation sites (tertiary alicyclic amines) is 1. The van der Waals surface area contributed by atoms with Gasteiger partial charge in [-0.2, -0.15) is 0 Å². The van der Waals surface area contributed by atoms with Crippen LogP contribution in [0.15, 0.2) is 0 Å². The van der Waals surface area contributed by atoms with Crippen molar-refractivity contribution >= 4 is 0 Å². The molecule has 0 spiro atoms. The van der Waals surface area contributed by atoms with E-state index in [1.165, 1.54) is 25.8 Å². The van der Waals surface area contributed by atoms with Crippen molar-refractivity contribution in [2.75, 3.05) is 13.1 Å². The van der Waals surface area contributed by atoms with Crippen molar-refractivity contribution in [1.82, 2.24) is 10.2 Å². The zero-order valence-electron chi connectivity index (χ0n) is 7.64. The SMILES string of the molecule is CCN[CH]N1CCCCC1C. The van der Waals surface area contributed by atoms with Crippen molar-refractivity contribution in [3.05, 3.63) is 6.67 Å². The molecule has 0 aromatic rings. The lowest BCUT2D eigenvalue weighted by Crippen LogP contribution is -2.39. The summed E-state index contributed by atoms with van der Waals surface area (Å²) in [6, 6.07) is 0.739. The molecule has 1 aliphatic heterocycles. The Balaban J connectivity index is 2.18. The minimum absolute atomic E-state index is 0.739. The van der Waals surface area contributed by atoms with Crippen LogP contribution in [0.2, 0.25) is 0 Å². The zero-order valence-corrected chi connectivity index (χ0v) is 7.64. The fourth-order valence-corrected chi connectivity index (χ4v) is 1.52. The Morgan fingerprint density at radius 1 is 1.55 bits per heavy atom. The summed E-state index contributed by atoms with van der Waals surface area (Å²) in [4.78, 5) is 2.41. The first-order chi connectivity index (χ1) is 5.34. The molecular weight excluding hydrogens is 136 g/mol. The number of hydrogen-bond donors (Lipinski definition) is 1. The number of piperidine rings is 1. The van der Waals surface area contributed by atoms with E-state index in [0.29, 0.717) is 0 Å². The van der Waals surface area contributed by atoms with Crippen molar-refractivity contribution in [2.45, 2.75) is 39.2 Å². The fraction of sp³-hybridized carbons (Fsp3) is 0.889. The van der Waals surface area contributed by atoms with Crippen LogP contribution in [0.4, 0.5) is 0 Å². The molecule has 1 aliphatic rings. The van der Waals surface area contributed by atoms with Gasteiger partial charge >= 0.3 is 0 Å². The van der Waals surface area contributed by atoms with Crippen molar-refractivity contribution in [1.29, 1.82) is 0 Å². The monoisotopic (exact) mass is 155 g/mol. The maximum atomic E-state index is 3.25. The average Bonchev–Trinajstić information content (AvgIpc) is 2.03. The van der Waals surface area contributed by atoms with Crippen molar-refractivity contribution in [3.8, 4) is 0 Å². The third-order valence-corrected chi connectivity index (χ3v) is 2.32. The van der Waals surface area contributed by atoms with Crippen LogP contribution in [0.25, 0.3) is 0 Å². The Kier molecular flexibility index (Phi) is 3.87. The Labute approximate surface area is 70.0 Å². The lowest BCUT2D eigenvalue weighted by Gasteiger charge is -2.32. The van der Waals surface area contributed by atoms with Gasteiger partial charge in [0.05, 0.1) is 6.67 Å². The van der Waals surface area contributed by atoms with Crippen LogP contribution in [0.5, 0.6) is 0 Å². The van der Waals surface area contributed by atoms with Crippen LogP contribution >= 0.6 is 0 Å². The van der Waals surface area contributed by atoms with E-state index >= 15 is 0 Å². The van der Waals surface area contributed by atoms with Gasteiger partial charge in [-0.3, -0.25) is 10.2 Å². The first kappa shape index (κ1) is 9.01. The molecule has 1 radical (unpaired) electrons. The molecule has 1 heterocycles. The Morgan fingerprint density at radius 3 is 3.00 bits per heavy atom. The van der Waals surface area contributed by atoms with Gasteiger partial charge in [-0.15, -0.1) is 0 Å². The largest absolute Gasteiger partial charge is 0.300 e. The van der Waals surface area contributed by atoms with Crippen molar-refractivity contribution < 1.29 is 0 Å². The molecule has 1 saturated heterocycles. The number of nitrogens with one attached hydrogen (secondary N) is 1. The average molecular weight is 155 g/mol. The van der Waals surface area contributed by atoms with E-state index in [4.69, 9.17) is 0 Å². The minimum Gasteiger partial charge on any atom is -0.300 e. The standard InChI is InChI=1S/C9H19N2/c1-3-10-8-11-7-5-4-6-9(11)2/h8-10H,3-7H2,1-2H3. The Morgan fingerprint density at radius 2 is 2.36 bits per heavy atom. The van der Waals surface area contributed by atoms with Gasteiger partial charge in [-0.05, 0) is 26.3 Å². The summed E-state index contributed by atoms with van der Waals surface area (Å²) in [6.07, 6.45) is 4.10. The summed E-state index contributed by atoms with van der Waals surface area (Å²) < 4.78 is 0. The first-order valence-corrected chi connectivity index (χ1v) is 4.67. The smallest absolute Gasteiger partial charge is 0.0896 e. The fourth-order valence-electron chi connectivity index (χ4n) is 1.52. The van der Waals surface area contributed by atoms with Gasteiger partial charge in [-0.25, -0.2) is 0 Å². The van der Waals surface area contributed by atoms with Crippen molar-refractivity contribution in [2.24, 2.45) is 0 Å². The van der Waals surface area contributed by atoms with Gasteiger partial charge in [0.15, 0.2) is 0 Å². The molecule has 1 rings (SSSR count). The quantitative estimate of drug-likeness (QED) is 0.666. The molecule has 0 amide bonds. The predicted octanol–water partition coefficient (Wildman–Crippen LogP) is 1.59. The molecule has 1 fully saturated rings. The number of rotatable bonds is 3. The molecule has 2 heteroatoms. The molecular formula is C9H19N2. The second-order valence-corrected chi connectivity index (χ2v) is 3.27. The highest BCUT2D eigenvalue weighted by Crippen LogP contribution is 2.16. The molecule has 0 bridgehead atoms. The summed E-state index contributed by atoms with van der Waals surface area (Å²) in [5, 5.41) is 3.25. The lowest BCUT2D eigenvalue weighted by molar-refractivity contribution is 0.189. The molecule has 0 aromatic heterocycles. The van der Waals surface area contributed by atoms with E-state index in [1.54, 1.807) is 0 Å². The molecule has 65 valence electrons. The number of nitrogens with zero attached hydrogens (tertiary/aromatic N) is 1. The van der Waals surface area contributed by atoms with Crippen LogP contribution in [0.3, 0.4) is 0 Å². The minimum atomic E-state index is 0.739. The molecule has 0 aliphatic carbocycles. The molecule has 0 saturated carbocycles. The van der Waals surface area contributed by atoms with Gasteiger partial charge in [0.1, 0.15) is 0 Å². The molecule has 1 N–H and O–H groups in total. The van der Waals surface area contributed by atoms with Crippen LogP contribution < -0.4 is 5.32 Å². The van der Waals surface area contributed by atoms with E-state index in [2.05, 4.69) is 30.7 Å². The van der Waals surface area contributed by atoms with E-state index in [-0.39, 0.29) is 0 Å². The molecule has 1 unspecified atom stereocenters. The summed E-state index contributed by atoms with van der Waals surface area (Å²) >= 11 is 0. The van der Waals surface area contributed by atoms with Gasteiger partial charge in [-0.1, -0.05) is 13.3 Å². The summed E-state index contributed by atoms with van der Waals surface area (Å²) in [5.41, 5.74) is 0. The lowest BCUT2D eigenvalue weighted by atomic mass is 10.0. The first-order valence-electron chi connectivity index (χ1n) is 4.67. The van der Waals surface area contributed by atoms with E-state index in [1.807, 2.05) is 0 Å². The second-order valence-electron chi connectivity index (χ2n) is 3.27. The third-order valence-electron chi connectivity index (χ3n) is 2.32. The van der Waals surface area contributed by atoms with E-state index < -0.39 is 0 Å². The van der Waals surface area contributed by atoms with Crippen LogP contribution in [-0.4, -0.2) is 24.0 Å². The highest BCUT2D eigenvalue weighted by atomic mass is 15.2. The van der Waals surface area contributed by atoms with Gasteiger partial charge in [0, 0.05) is 12.6 Å². The zero-order chi connectivity index (χ0) is 8.10. The molecule has 2 nitrogen and oxygen atoms in total. The number of hydrogen-bond acceptors (Lipinski definition) is 2. The molecule has 11 heavy (non-hydrogen) atoms. The van der Waals surface area contributed by atoms with Gasteiger partial charge in [0.2, 0.25) is 0 Å². The van der Waals surface area contributed by atoms with Gasteiger partial charge < -0.3 is 0 Å². The highest BCUT2D eigenvalue weighted by Gasteiger charge is 2.16. The summed E-state index contributed by atoms with van der Waals surface area (Å²) in [7, 11) is 0. The maximum Gasteiger partial charge on any atom is 0.0896 e. The molecule has 1 atom stereocenters. The Hall–Kier alpha value is -0.0800. The van der Waals surface area contributed by atoms with Gasteiger partial charge in [0.25, 0.3) is 0 Å². The van der Waals surface area contributed by atoms with Crippen molar-refractivity contribution in [3.63, 3.8) is 0 Å². The second kappa shape index (κ2) is 4.73. The Bertz CT molecular complexity index is 104. The van der Waals surface area contributed by atoms with Crippen LogP contribution in [0.1, 0.15) is 33.1 Å². The highest BCUT2D eigenvalue weighted by molar-refractivity contribution is 4.77. The maximum absolute atomic E-state index is 3.25. The topological polar surface area (TPSA) is 15.3 Å². The normalized spacial score (nSPS) is 27.3. The van der Waals surface area contributed by atoms with Crippen LogP contribution in [0, 0.1) is 6.67 Å². The summed E-state index contributed by atoms with van der Waals surface area (Å²) in [5.74, 6) is 0.